The van der Waals surface area contributed by atoms with Crippen molar-refractivity contribution in [3.8, 4) is 17.0 Å². The fourth-order valence-corrected chi connectivity index (χ4v) is 4.91. The number of ether oxygens (including phenoxy) is 1. The molecule has 0 atom stereocenters. The molecule has 0 radical (unpaired) electrons. The SMILES string of the molecule is COc1cccc(-c2ccc(N3CCN(C(=O)CN(Cc4ccc(F)cc4)C(=O)c4ccccc4Cl)CC3)nn2)c1. The molecule has 1 aromatic heterocycles. The standard InChI is InChI=1S/C31H29ClFN5O3/c1-41-25-6-4-5-23(19-25)28-13-14-29(35-34-28)36-15-17-37(18-16-36)30(39)21-38(20-22-9-11-24(33)12-10-22)31(40)26-7-2-3-8-27(26)32/h2-14,19H,15-18,20-21H2,1H3. The van der Waals surface area contributed by atoms with Crippen molar-refractivity contribution >= 4 is 29.2 Å². The molecule has 0 saturated carbocycles. The predicted molar refractivity (Wildman–Crippen MR) is 155 cm³/mol. The summed E-state index contributed by atoms with van der Waals surface area (Å²) in [6.45, 7) is 2.12. The second-order valence-electron chi connectivity index (χ2n) is 9.64. The Morgan fingerprint density at radius 2 is 1.68 bits per heavy atom. The van der Waals surface area contributed by atoms with Gasteiger partial charge in [-0.05, 0) is 54.1 Å². The quantitative estimate of drug-likeness (QED) is 0.297. The summed E-state index contributed by atoms with van der Waals surface area (Å²) in [5.74, 6) is 0.575. The van der Waals surface area contributed by atoms with Gasteiger partial charge in [-0.2, -0.15) is 0 Å². The molecular weight excluding hydrogens is 545 g/mol. The van der Waals surface area contributed by atoms with Gasteiger partial charge in [0.15, 0.2) is 5.82 Å². The van der Waals surface area contributed by atoms with Gasteiger partial charge >= 0.3 is 0 Å². The molecular formula is C31H29ClFN5O3. The number of rotatable bonds is 8. The minimum absolute atomic E-state index is 0.128. The van der Waals surface area contributed by atoms with Crippen LogP contribution in [0.1, 0.15) is 15.9 Å². The van der Waals surface area contributed by atoms with E-state index in [1.165, 1.54) is 17.0 Å². The van der Waals surface area contributed by atoms with Gasteiger partial charge < -0.3 is 19.4 Å². The van der Waals surface area contributed by atoms with E-state index >= 15 is 0 Å². The Labute approximate surface area is 242 Å². The van der Waals surface area contributed by atoms with Crippen molar-refractivity contribution in [3.05, 3.63) is 107 Å². The first-order valence-corrected chi connectivity index (χ1v) is 13.6. The molecule has 210 valence electrons. The van der Waals surface area contributed by atoms with Gasteiger partial charge in [-0.3, -0.25) is 9.59 Å². The van der Waals surface area contributed by atoms with E-state index in [1.807, 2.05) is 36.4 Å². The van der Waals surface area contributed by atoms with E-state index in [4.69, 9.17) is 16.3 Å². The second kappa shape index (κ2) is 12.8. The highest BCUT2D eigenvalue weighted by Crippen LogP contribution is 2.24. The average molecular weight is 574 g/mol. The summed E-state index contributed by atoms with van der Waals surface area (Å²) in [5.41, 5.74) is 2.67. The molecule has 4 aromatic rings. The molecule has 1 aliphatic heterocycles. The van der Waals surface area contributed by atoms with Gasteiger partial charge in [0.2, 0.25) is 5.91 Å². The largest absolute Gasteiger partial charge is 0.497 e. The number of carbonyl (C=O) groups is 2. The highest BCUT2D eigenvalue weighted by Gasteiger charge is 2.27. The summed E-state index contributed by atoms with van der Waals surface area (Å²) in [6.07, 6.45) is 0. The van der Waals surface area contributed by atoms with Crippen molar-refractivity contribution in [1.29, 1.82) is 0 Å². The number of methoxy groups -OCH3 is 1. The molecule has 1 saturated heterocycles. The number of nitrogens with zero attached hydrogens (tertiary/aromatic N) is 5. The average Bonchev–Trinajstić information content (AvgIpc) is 3.02. The zero-order chi connectivity index (χ0) is 28.8. The Bertz CT molecular complexity index is 1510. The van der Waals surface area contributed by atoms with Crippen molar-refractivity contribution in [2.75, 3.05) is 44.7 Å². The summed E-state index contributed by atoms with van der Waals surface area (Å²) >= 11 is 6.29. The minimum atomic E-state index is -0.369. The number of halogens is 2. The van der Waals surface area contributed by atoms with E-state index in [0.29, 0.717) is 42.3 Å². The third-order valence-electron chi connectivity index (χ3n) is 6.98. The van der Waals surface area contributed by atoms with Crippen molar-refractivity contribution in [3.63, 3.8) is 0 Å². The van der Waals surface area contributed by atoms with Crippen molar-refractivity contribution in [2.24, 2.45) is 0 Å². The number of hydrogen-bond donors (Lipinski definition) is 0. The Kier molecular flexibility index (Phi) is 8.74. The molecule has 0 unspecified atom stereocenters. The number of hydrogen-bond acceptors (Lipinski definition) is 6. The molecule has 0 N–H and O–H groups in total. The molecule has 0 spiro atoms. The zero-order valence-corrected chi connectivity index (χ0v) is 23.3. The van der Waals surface area contributed by atoms with Gasteiger partial charge in [-0.25, -0.2) is 4.39 Å². The van der Waals surface area contributed by atoms with Crippen LogP contribution in [0.4, 0.5) is 10.2 Å². The van der Waals surface area contributed by atoms with Crippen LogP contribution in [-0.2, 0) is 11.3 Å². The van der Waals surface area contributed by atoms with Crippen LogP contribution in [0.3, 0.4) is 0 Å². The van der Waals surface area contributed by atoms with Crippen molar-refractivity contribution in [2.45, 2.75) is 6.54 Å². The molecule has 1 fully saturated rings. The van der Waals surface area contributed by atoms with Gasteiger partial charge in [0, 0.05) is 38.3 Å². The number of carbonyl (C=O) groups excluding carboxylic acids is 2. The zero-order valence-electron chi connectivity index (χ0n) is 22.5. The smallest absolute Gasteiger partial charge is 0.256 e. The lowest BCUT2D eigenvalue weighted by Crippen LogP contribution is -2.52. The molecule has 2 heterocycles. The van der Waals surface area contributed by atoms with Gasteiger partial charge in [-0.1, -0.05) is 48.0 Å². The van der Waals surface area contributed by atoms with Gasteiger partial charge in [0.25, 0.3) is 5.91 Å². The molecule has 0 bridgehead atoms. The fraction of sp³-hybridized carbons (Fsp3) is 0.226. The number of piperazine rings is 1. The number of benzene rings is 3. The summed E-state index contributed by atoms with van der Waals surface area (Å²) < 4.78 is 18.8. The number of aromatic nitrogens is 2. The van der Waals surface area contributed by atoms with Crippen LogP contribution in [0.15, 0.2) is 84.9 Å². The van der Waals surface area contributed by atoms with Crippen LogP contribution in [0.2, 0.25) is 5.02 Å². The van der Waals surface area contributed by atoms with Crippen LogP contribution < -0.4 is 9.64 Å². The van der Waals surface area contributed by atoms with E-state index in [2.05, 4.69) is 15.1 Å². The van der Waals surface area contributed by atoms with Crippen LogP contribution in [0, 0.1) is 5.82 Å². The molecule has 2 amide bonds. The van der Waals surface area contributed by atoms with E-state index < -0.39 is 0 Å². The van der Waals surface area contributed by atoms with Crippen LogP contribution in [0.25, 0.3) is 11.3 Å². The maximum atomic E-state index is 13.5. The molecule has 8 nitrogen and oxygen atoms in total. The molecule has 0 aliphatic carbocycles. The first-order chi connectivity index (χ1) is 19.9. The highest BCUT2D eigenvalue weighted by atomic mass is 35.5. The minimum Gasteiger partial charge on any atom is -0.497 e. The van der Waals surface area contributed by atoms with Crippen LogP contribution in [-0.4, -0.2) is 71.6 Å². The molecule has 10 heteroatoms. The van der Waals surface area contributed by atoms with Gasteiger partial charge in [-0.15, -0.1) is 10.2 Å². The highest BCUT2D eigenvalue weighted by molar-refractivity contribution is 6.33. The van der Waals surface area contributed by atoms with E-state index in [1.54, 1.807) is 48.4 Å². The lowest BCUT2D eigenvalue weighted by molar-refractivity contribution is -0.132. The third kappa shape index (κ3) is 6.81. The molecule has 41 heavy (non-hydrogen) atoms. The van der Waals surface area contributed by atoms with Gasteiger partial charge in [0.05, 0.1) is 23.4 Å². The van der Waals surface area contributed by atoms with Gasteiger partial charge in [0.1, 0.15) is 18.1 Å². The summed E-state index contributed by atoms with van der Waals surface area (Å²) in [5, 5.41) is 9.10. The third-order valence-corrected chi connectivity index (χ3v) is 7.31. The molecule has 5 rings (SSSR count). The summed E-state index contributed by atoms with van der Waals surface area (Å²) in [6, 6.07) is 24.1. The van der Waals surface area contributed by atoms with Crippen LogP contribution >= 0.6 is 11.6 Å². The monoisotopic (exact) mass is 573 g/mol. The molecule has 1 aliphatic rings. The van der Waals surface area contributed by atoms with E-state index in [0.717, 1.165) is 22.8 Å². The molecule has 3 aromatic carbocycles. The van der Waals surface area contributed by atoms with Crippen molar-refractivity contribution in [1.82, 2.24) is 20.0 Å². The Hall–Kier alpha value is -4.50. The van der Waals surface area contributed by atoms with Crippen LogP contribution in [0.5, 0.6) is 5.75 Å². The normalized spacial score (nSPS) is 13.1. The fourth-order valence-electron chi connectivity index (χ4n) is 4.69. The number of amides is 2. The lowest BCUT2D eigenvalue weighted by Gasteiger charge is -2.36. The Morgan fingerprint density at radius 1 is 0.927 bits per heavy atom. The topological polar surface area (TPSA) is 78.9 Å². The maximum absolute atomic E-state index is 13.5. The first kappa shape index (κ1) is 28.0. The van der Waals surface area contributed by atoms with E-state index in [9.17, 15) is 14.0 Å². The summed E-state index contributed by atoms with van der Waals surface area (Å²) in [4.78, 5) is 32.1. The summed E-state index contributed by atoms with van der Waals surface area (Å²) in [7, 11) is 1.62. The number of anilines is 1. The lowest BCUT2D eigenvalue weighted by atomic mass is 10.1. The van der Waals surface area contributed by atoms with E-state index in [-0.39, 0.29) is 30.7 Å². The Morgan fingerprint density at radius 3 is 2.37 bits per heavy atom. The Balaban J connectivity index is 1.23. The maximum Gasteiger partial charge on any atom is 0.256 e. The predicted octanol–water partition coefficient (Wildman–Crippen LogP) is 4.94. The van der Waals surface area contributed by atoms with Crippen molar-refractivity contribution < 1.29 is 18.7 Å². The second-order valence-corrected chi connectivity index (χ2v) is 10.1. The first-order valence-electron chi connectivity index (χ1n) is 13.2.